The van der Waals surface area contributed by atoms with E-state index < -0.39 is 59.3 Å². The highest BCUT2D eigenvalue weighted by atomic mass is 32.2. The summed E-state index contributed by atoms with van der Waals surface area (Å²) in [6.45, 7) is 9.44. The molecular weight excluding hydrogens is 759 g/mol. The van der Waals surface area contributed by atoms with Gasteiger partial charge in [-0.05, 0) is 114 Å². The number of rotatable bonds is 24. The molecule has 2 aliphatic rings. The molecule has 2 amide bonds. The van der Waals surface area contributed by atoms with Gasteiger partial charge in [-0.1, -0.05) is 86.2 Å². The van der Waals surface area contributed by atoms with Gasteiger partial charge in [0.15, 0.2) is 17.0 Å². The topological polar surface area (TPSA) is 135 Å². The number of amides is 2. The van der Waals surface area contributed by atoms with Gasteiger partial charge in [-0.15, -0.1) is 11.8 Å². The van der Waals surface area contributed by atoms with Crippen LogP contribution < -0.4 is 0 Å². The number of allylic oxidation sites excluding steroid dienone is 7. The van der Waals surface area contributed by atoms with Crippen molar-refractivity contribution in [3.8, 4) is 0 Å². The molecule has 2 heterocycles. The van der Waals surface area contributed by atoms with E-state index in [4.69, 9.17) is 23.7 Å². The van der Waals surface area contributed by atoms with Gasteiger partial charge in [0.2, 0.25) is 5.91 Å². The summed E-state index contributed by atoms with van der Waals surface area (Å²) in [7, 11) is 2.28. The number of benzene rings is 1. The Morgan fingerprint density at radius 2 is 1.53 bits per heavy atom. The van der Waals surface area contributed by atoms with E-state index in [0.29, 0.717) is 18.6 Å². The number of carbonyl (C=O) groups is 5. The van der Waals surface area contributed by atoms with Gasteiger partial charge in [0.05, 0.1) is 32.5 Å². The van der Waals surface area contributed by atoms with Gasteiger partial charge in [-0.25, -0.2) is 9.69 Å². The highest BCUT2D eigenvalue weighted by Gasteiger charge is 2.56. The fourth-order valence-corrected chi connectivity index (χ4v) is 7.88. The molecule has 0 bridgehead atoms. The second-order valence-electron chi connectivity index (χ2n) is 14.8. The number of methoxy groups -OCH3 is 2. The average Bonchev–Trinajstić information content (AvgIpc) is 3.73. The van der Waals surface area contributed by atoms with Gasteiger partial charge in [0.1, 0.15) is 12.5 Å². The molecule has 1 aromatic rings. The van der Waals surface area contributed by atoms with E-state index in [0.717, 1.165) is 56.8 Å². The standard InChI is InChI=1S/C46H63NO10S/c1-8-11-13-14-15-16-17-22-26-35(33-58-10-3)46(42(50)53-6,43(51)54-7)31-37(41(49)47-36(32-55-44(47)52)30-34-24-20-18-21-25-34)38(48)27-23-29-40-39(28-19-12-9-2)56-45(4,5)57-40/h8-9,11-12,18,20-27,33,36-37,39-40H,10,13-17,19,28-32H2,1-7H3/b11-8+,12-9+,26-22?,27-23+,35-33+/t36-,37-,39-,40-/m0/s1. The minimum atomic E-state index is -2.25. The third-order valence-corrected chi connectivity index (χ3v) is 10.9. The van der Waals surface area contributed by atoms with Crippen LogP contribution in [0.5, 0.6) is 0 Å². The maximum atomic E-state index is 14.8. The zero-order chi connectivity index (χ0) is 42.6. The number of cyclic esters (lactones) is 1. The van der Waals surface area contributed by atoms with Crippen molar-refractivity contribution in [3.05, 3.63) is 95.5 Å². The molecule has 0 radical (unpaired) electrons. The number of hydrogen-bond donors (Lipinski definition) is 0. The van der Waals surface area contributed by atoms with Gasteiger partial charge < -0.3 is 23.7 Å². The van der Waals surface area contributed by atoms with E-state index in [1.54, 1.807) is 17.6 Å². The van der Waals surface area contributed by atoms with Crippen molar-refractivity contribution in [3.63, 3.8) is 0 Å². The smallest absolute Gasteiger partial charge is 0.417 e. The first-order chi connectivity index (χ1) is 27.9. The Morgan fingerprint density at radius 3 is 2.17 bits per heavy atom. The largest absolute Gasteiger partial charge is 0.468 e. The number of unbranched alkanes of at least 4 members (excludes halogenated alkanes) is 4. The number of esters is 2. The van der Waals surface area contributed by atoms with Crippen LogP contribution in [0.25, 0.3) is 0 Å². The third kappa shape index (κ3) is 13.7. The number of ketones is 1. The van der Waals surface area contributed by atoms with Crippen molar-refractivity contribution >= 4 is 41.5 Å². The highest BCUT2D eigenvalue weighted by molar-refractivity contribution is 8.02. The van der Waals surface area contributed by atoms with Crippen LogP contribution in [0.1, 0.15) is 98.0 Å². The number of imide groups is 1. The molecule has 2 aliphatic heterocycles. The fourth-order valence-electron chi connectivity index (χ4n) is 7.25. The van der Waals surface area contributed by atoms with Crippen LogP contribution in [0.15, 0.2) is 89.9 Å². The summed E-state index contributed by atoms with van der Waals surface area (Å²) in [6, 6.07) is 8.56. The summed E-state index contributed by atoms with van der Waals surface area (Å²) in [5.74, 6) is -5.53. The summed E-state index contributed by atoms with van der Waals surface area (Å²) in [5.41, 5.74) is -1.18. The predicted octanol–water partition coefficient (Wildman–Crippen LogP) is 9.03. The molecular formula is C46H63NO10S. The SMILES string of the molecule is C/C=C/CCCCCC=C/C(=C\SCC)C(C[C@@H](C(=O)/C=C/C[C@@H]1OC(C)(C)O[C@H]1CC/C=C/C)C(=O)N1C(=O)OC[C@@H]1Cc1ccccc1)(C(=O)OC)C(=O)OC. The minimum Gasteiger partial charge on any atom is -0.468 e. The van der Waals surface area contributed by atoms with E-state index in [-0.39, 0.29) is 37.2 Å². The summed E-state index contributed by atoms with van der Waals surface area (Å²) < 4.78 is 28.3. The molecule has 318 valence electrons. The van der Waals surface area contributed by atoms with Gasteiger partial charge in [0.25, 0.3) is 0 Å². The molecule has 0 aliphatic carbocycles. The second kappa shape index (κ2) is 24.6. The van der Waals surface area contributed by atoms with Gasteiger partial charge >= 0.3 is 18.0 Å². The van der Waals surface area contributed by atoms with Crippen molar-refractivity contribution in [2.24, 2.45) is 11.3 Å². The number of thioether (sulfide) groups is 1. The van der Waals surface area contributed by atoms with Crippen molar-refractivity contribution in [2.75, 3.05) is 26.6 Å². The Labute approximate surface area is 349 Å². The summed E-state index contributed by atoms with van der Waals surface area (Å²) in [6.07, 6.45) is 19.0. The van der Waals surface area contributed by atoms with Crippen LogP contribution in [0.4, 0.5) is 4.79 Å². The van der Waals surface area contributed by atoms with E-state index in [2.05, 4.69) is 6.08 Å². The average molecular weight is 822 g/mol. The van der Waals surface area contributed by atoms with E-state index >= 15 is 0 Å². The fraction of sp³-hybridized carbons (Fsp3) is 0.543. The lowest BCUT2D eigenvalue weighted by atomic mass is 9.71. The van der Waals surface area contributed by atoms with Crippen LogP contribution >= 0.6 is 11.8 Å². The summed E-state index contributed by atoms with van der Waals surface area (Å²) >= 11 is 1.35. The Balaban J connectivity index is 2.09. The molecule has 2 saturated heterocycles. The predicted molar refractivity (Wildman–Crippen MR) is 227 cm³/mol. The Morgan fingerprint density at radius 1 is 0.897 bits per heavy atom. The molecule has 2 fully saturated rings. The van der Waals surface area contributed by atoms with Crippen molar-refractivity contribution in [1.29, 1.82) is 0 Å². The zero-order valence-electron chi connectivity index (χ0n) is 35.3. The van der Waals surface area contributed by atoms with E-state index in [9.17, 15) is 24.0 Å². The monoisotopic (exact) mass is 821 g/mol. The van der Waals surface area contributed by atoms with Crippen LogP contribution in [0.3, 0.4) is 0 Å². The molecule has 0 saturated carbocycles. The lowest BCUT2D eigenvalue weighted by Gasteiger charge is -2.33. The van der Waals surface area contributed by atoms with Crippen LogP contribution in [-0.2, 0) is 49.3 Å². The molecule has 58 heavy (non-hydrogen) atoms. The molecule has 1 aromatic carbocycles. The third-order valence-electron chi connectivity index (χ3n) is 10.2. The Hall–Kier alpha value is -4.26. The lowest BCUT2D eigenvalue weighted by molar-refractivity contribution is -0.167. The van der Waals surface area contributed by atoms with Crippen LogP contribution in [0, 0.1) is 11.3 Å². The molecule has 0 spiro atoms. The van der Waals surface area contributed by atoms with Crippen molar-refractivity contribution in [1.82, 2.24) is 4.90 Å². The maximum Gasteiger partial charge on any atom is 0.417 e. The molecule has 3 rings (SSSR count). The van der Waals surface area contributed by atoms with Gasteiger partial charge in [0, 0.05) is 0 Å². The number of hydrogen-bond acceptors (Lipinski definition) is 11. The van der Waals surface area contributed by atoms with E-state index in [1.165, 1.54) is 17.8 Å². The second-order valence-corrected chi connectivity index (χ2v) is 16.0. The normalized spacial score (nSPS) is 20.4. The summed E-state index contributed by atoms with van der Waals surface area (Å²) in [5, 5.41) is 1.67. The molecule has 0 aromatic heterocycles. The molecule has 4 atom stereocenters. The zero-order valence-corrected chi connectivity index (χ0v) is 36.1. The number of ether oxygens (including phenoxy) is 5. The van der Waals surface area contributed by atoms with Crippen LogP contribution in [-0.4, -0.2) is 85.2 Å². The maximum absolute atomic E-state index is 14.8. The van der Waals surface area contributed by atoms with Gasteiger partial charge in [-0.2, -0.15) is 0 Å². The molecule has 11 nitrogen and oxygen atoms in total. The van der Waals surface area contributed by atoms with Crippen molar-refractivity contribution in [2.45, 2.75) is 123 Å². The minimum absolute atomic E-state index is 0.0888. The summed E-state index contributed by atoms with van der Waals surface area (Å²) in [4.78, 5) is 71.9. The molecule has 0 unspecified atom stereocenters. The van der Waals surface area contributed by atoms with Gasteiger partial charge in [-0.3, -0.25) is 19.2 Å². The Kier molecular flexibility index (Phi) is 20.4. The first-order valence-electron chi connectivity index (χ1n) is 20.4. The number of nitrogens with zero attached hydrogens (tertiary/aromatic N) is 1. The van der Waals surface area contributed by atoms with Crippen molar-refractivity contribution < 1.29 is 47.7 Å². The first-order valence-corrected chi connectivity index (χ1v) is 21.4. The Bertz CT molecular complexity index is 1650. The highest BCUT2D eigenvalue weighted by Crippen LogP contribution is 2.42. The lowest BCUT2D eigenvalue weighted by Crippen LogP contribution is -2.50. The molecule has 0 N–H and O–H groups in total. The van der Waals surface area contributed by atoms with Crippen LogP contribution in [0.2, 0.25) is 0 Å². The molecule has 12 heteroatoms. The van der Waals surface area contributed by atoms with E-state index in [1.807, 2.05) is 89.3 Å². The number of carbonyl (C=O) groups excluding carboxylic acids is 5. The quantitative estimate of drug-likeness (QED) is 0.0188. The first kappa shape index (κ1) is 48.1.